The highest BCUT2D eigenvalue weighted by Crippen LogP contribution is 2.27. The van der Waals surface area contributed by atoms with Crippen molar-refractivity contribution >= 4 is 34.8 Å². The summed E-state index contributed by atoms with van der Waals surface area (Å²) in [6, 6.07) is 21.0. The number of para-hydroxylation sites is 1. The Hall–Kier alpha value is -3.15. The molecule has 0 saturated carbocycles. The Labute approximate surface area is 177 Å². The van der Waals surface area contributed by atoms with Crippen molar-refractivity contribution in [2.45, 2.75) is 0 Å². The van der Waals surface area contributed by atoms with E-state index in [9.17, 15) is 4.79 Å². The van der Waals surface area contributed by atoms with Crippen LogP contribution in [-0.2, 0) is 0 Å². The molecule has 0 fully saturated rings. The van der Waals surface area contributed by atoms with Crippen molar-refractivity contribution in [1.82, 2.24) is 9.78 Å². The summed E-state index contributed by atoms with van der Waals surface area (Å²) in [4.78, 5) is 13.1. The molecule has 0 aliphatic carbocycles. The lowest BCUT2D eigenvalue weighted by atomic mass is 10.1. The van der Waals surface area contributed by atoms with Crippen LogP contribution in [0.15, 0.2) is 79.0 Å². The minimum Gasteiger partial charge on any atom is -0.497 e. The van der Waals surface area contributed by atoms with Crippen molar-refractivity contribution in [2.24, 2.45) is 0 Å². The van der Waals surface area contributed by atoms with Gasteiger partial charge in [-0.3, -0.25) is 4.79 Å². The summed E-state index contributed by atoms with van der Waals surface area (Å²) in [7, 11) is 1.63. The van der Waals surface area contributed by atoms with E-state index >= 15 is 0 Å². The van der Waals surface area contributed by atoms with Crippen molar-refractivity contribution in [1.29, 1.82) is 0 Å². The first kappa shape index (κ1) is 19.2. The zero-order valence-electron chi connectivity index (χ0n) is 15.6. The lowest BCUT2D eigenvalue weighted by Crippen LogP contribution is -1.94. The van der Waals surface area contributed by atoms with Gasteiger partial charge in [0.1, 0.15) is 5.75 Å². The Morgan fingerprint density at radius 1 is 1.07 bits per heavy atom. The van der Waals surface area contributed by atoms with E-state index in [0.717, 1.165) is 28.3 Å². The zero-order valence-corrected chi connectivity index (χ0v) is 17.2. The van der Waals surface area contributed by atoms with Crippen LogP contribution in [0.3, 0.4) is 0 Å². The molecular formula is C23H17ClN2O2S. The first-order valence-electron chi connectivity index (χ1n) is 8.91. The maximum absolute atomic E-state index is 12.5. The van der Waals surface area contributed by atoms with E-state index in [4.69, 9.17) is 21.4 Å². The van der Waals surface area contributed by atoms with Crippen LogP contribution in [0.1, 0.15) is 15.2 Å². The Balaban J connectivity index is 1.73. The summed E-state index contributed by atoms with van der Waals surface area (Å²) in [5.41, 5.74) is 3.50. The number of hydrogen-bond donors (Lipinski definition) is 0. The molecule has 0 unspecified atom stereocenters. The van der Waals surface area contributed by atoms with Crippen molar-refractivity contribution in [3.05, 3.63) is 93.8 Å². The highest BCUT2D eigenvalue weighted by molar-refractivity contribution is 7.18. The van der Waals surface area contributed by atoms with Gasteiger partial charge in [-0.2, -0.15) is 5.10 Å². The molecule has 0 spiro atoms. The van der Waals surface area contributed by atoms with E-state index in [0.29, 0.717) is 9.21 Å². The average Bonchev–Trinajstić information content (AvgIpc) is 3.39. The molecule has 2 aromatic carbocycles. The number of ether oxygens (including phenoxy) is 1. The summed E-state index contributed by atoms with van der Waals surface area (Å²) in [6.07, 6.45) is 5.27. The zero-order chi connectivity index (χ0) is 20.2. The molecule has 0 aliphatic heterocycles. The molecule has 4 aromatic rings. The van der Waals surface area contributed by atoms with E-state index in [2.05, 4.69) is 0 Å². The van der Waals surface area contributed by atoms with Gasteiger partial charge in [0, 0.05) is 17.3 Å². The molecule has 0 bridgehead atoms. The molecule has 0 saturated heterocycles. The van der Waals surface area contributed by atoms with E-state index in [1.165, 1.54) is 11.3 Å². The molecule has 0 atom stereocenters. The molecule has 2 aromatic heterocycles. The van der Waals surface area contributed by atoms with Gasteiger partial charge in [0.25, 0.3) is 0 Å². The number of hydrogen-bond acceptors (Lipinski definition) is 4. The number of carbonyl (C=O) groups is 1. The number of carbonyl (C=O) groups excluding carboxylic acids is 1. The lowest BCUT2D eigenvalue weighted by Gasteiger charge is -2.02. The van der Waals surface area contributed by atoms with Crippen LogP contribution in [0, 0.1) is 0 Å². The number of halogens is 1. The highest BCUT2D eigenvalue weighted by Gasteiger charge is 2.12. The van der Waals surface area contributed by atoms with Crippen LogP contribution in [0.2, 0.25) is 4.34 Å². The Morgan fingerprint density at radius 3 is 2.48 bits per heavy atom. The van der Waals surface area contributed by atoms with Crippen LogP contribution >= 0.6 is 22.9 Å². The number of allylic oxidation sites excluding steroid dienone is 1. The van der Waals surface area contributed by atoms with Crippen LogP contribution in [-0.4, -0.2) is 22.7 Å². The maximum Gasteiger partial charge on any atom is 0.195 e. The minimum atomic E-state index is -0.0879. The van der Waals surface area contributed by atoms with Crippen molar-refractivity contribution in [3.8, 4) is 22.7 Å². The van der Waals surface area contributed by atoms with Gasteiger partial charge in [-0.1, -0.05) is 29.8 Å². The Kier molecular flexibility index (Phi) is 5.60. The van der Waals surface area contributed by atoms with Gasteiger partial charge < -0.3 is 4.74 Å². The standard InChI is InChI=1S/C23H17ClN2O2S/c1-28-19-10-7-16(8-11-19)23-17(9-12-20(27)21-13-14-22(24)29-21)15-26(25-23)18-5-3-2-4-6-18/h2-15H,1H3. The molecule has 4 rings (SSSR count). The van der Waals surface area contributed by atoms with Gasteiger partial charge in [-0.15, -0.1) is 11.3 Å². The van der Waals surface area contributed by atoms with Gasteiger partial charge in [0.2, 0.25) is 0 Å². The van der Waals surface area contributed by atoms with Crippen LogP contribution in [0.4, 0.5) is 0 Å². The summed E-state index contributed by atoms with van der Waals surface area (Å²) in [6.45, 7) is 0. The normalized spacial score (nSPS) is 11.1. The Morgan fingerprint density at radius 2 is 1.83 bits per heavy atom. The quantitative estimate of drug-likeness (QED) is 0.277. The topological polar surface area (TPSA) is 44.1 Å². The molecule has 29 heavy (non-hydrogen) atoms. The fraction of sp³-hybridized carbons (Fsp3) is 0.0435. The number of thiophene rings is 1. The third-order valence-electron chi connectivity index (χ3n) is 4.36. The largest absolute Gasteiger partial charge is 0.497 e. The molecule has 144 valence electrons. The van der Waals surface area contributed by atoms with Crippen LogP contribution in [0.5, 0.6) is 5.75 Å². The van der Waals surface area contributed by atoms with E-state index in [-0.39, 0.29) is 5.78 Å². The highest BCUT2D eigenvalue weighted by atomic mass is 35.5. The van der Waals surface area contributed by atoms with Crippen LogP contribution in [0.25, 0.3) is 23.0 Å². The molecule has 4 nitrogen and oxygen atoms in total. The predicted octanol–water partition coefficient (Wildman–Crippen LogP) is 6.16. The van der Waals surface area contributed by atoms with E-state index < -0.39 is 0 Å². The second-order valence-electron chi connectivity index (χ2n) is 6.24. The van der Waals surface area contributed by atoms with Gasteiger partial charge in [-0.05, 0) is 60.7 Å². The Bertz CT molecular complexity index is 1160. The van der Waals surface area contributed by atoms with Crippen molar-refractivity contribution in [2.75, 3.05) is 7.11 Å². The third-order valence-corrected chi connectivity index (χ3v) is 5.60. The smallest absolute Gasteiger partial charge is 0.195 e. The maximum atomic E-state index is 12.5. The molecule has 0 radical (unpaired) electrons. The predicted molar refractivity (Wildman–Crippen MR) is 118 cm³/mol. The first-order chi connectivity index (χ1) is 14.1. The fourth-order valence-electron chi connectivity index (χ4n) is 2.89. The number of nitrogens with zero attached hydrogens (tertiary/aromatic N) is 2. The number of aromatic nitrogens is 2. The van der Waals surface area contributed by atoms with Gasteiger partial charge >= 0.3 is 0 Å². The average molecular weight is 421 g/mol. The van der Waals surface area contributed by atoms with Crippen LogP contribution < -0.4 is 4.74 Å². The van der Waals surface area contributed by atoms with E-state index in [1.807, 2.05) is 65.5 Å². The van der Waals surface area contributed by atoms with Gasteiger partial charge in [0.05, 0.1) is 27.7 Å². The molecule has 0 amide bonds. The van der Waals surface area contributed by atoms with Crippen molar-refractivity contribution < 1.29 is 9.53 Å². The molecule has 2 heterocycles. The second kappa shape index (κ2) is 8.47. The molecule has 6 heteroatoms. The van der Waals surface area contributed by atoms with Gasteiger partial charge in [0.15, 0.2) is 5.78 Å². The summed E-state index contributed by atoms with van der Waals surface area (Å²) >= 11 is 7.21. The molecule has 0 aliphatic rings. The van der Waals surface area contributed by atoms with E-state index in [1.54, 1.807) is 31.4 Å². The lowest BCUT2D eigenvalue weighted by molar-refractivity contribution is 0.105. The minimum absolute atomic E-state index is 0.0879. The summed E-state index contributed by atoms with van der Waals surface area (Å²) in [5, 5.41) is 4.76. The monoisotopic (exact) mass is 420 g/mol. The first-order valence-corrected chi connectivity index (χ1v) is 10.1. The third kappa shape index (κ3) is 4.31. The fourth-order valence-corrected chi connectivity index (χ4v) is 3.85. The molecule has 0 N–H and O–H groups in total. The number of benzene rings is 2. The molecular weight excluding hydrogens is 404 g/mol. The summed E-state index contributed by atoms with van der Waals surface area (Å²) in [5.74, 6) is 0.688. The number of methoxy groups -OCH3 is 1. The number of ketones is 1. The number of rotatable bonds is 6. The van der Waals surface area contributed by atoms with Gasteiger partial charge in [-0.25, -0.2) is 4.68 Å². The second-order valence-corrected chi connectivity index (χ2v) is 7.96. The van der Waals surface area contributed by atoms with Crippen molar-refractivity contribution in [3.63, 3.8) is 0 Å². The summed E-state index contributed by atoms with van der Waals surface area (Å²) < 4.78 is 7.65. The SMILES string of the molecule is COc1ccc(-c2nn(-c3ccccc3)cc2C=CC(=O)c2ccc(Cl)s2)cc1.